The van der Waals surface area contributed by atoms with Gasteiger partial charge in [-0.25, -0.2) is 0 Å². The second-order valence-electron chi connectivity index (χ2n) is 4.97. The van der Waals surface area contributed by atoms with Crippen molar-refractivity contribution in [1.29, 1.82) is 0 Å². The van der Waals surface area contributed by atoms with E-state index < -0.39 is 0 Å². The summed E-state index contributed by atoms with van der Waals surface area (Å²) in [5, 5.41) is 3.74. The average Bonchev–Trinajstić information content (AvgIpc) is 2.03. The average molecular weight is 167 g/mol. The van der Waals surface area contributed by atoms with Crippen molar-refractivity contribution in [3.05, 3.63) is 0 Å². The first kappa shape index (κ1) is 8.55. The quantitative estimate of drug-likeness (QED) is 0.633. The third-order valence-corrected chi connectivity index (χ3v) is 3.69. The fraction of sp³-hybridized carbons (Fsp3) is 1.00. The molecule has 0 amide bonds. The lowest BCUT2D eigenvalue weighted by molar-refractivity contribution is 0.154. The highest BCUT2D eigenvalue weighted by Gasteiger charge is 2.31. The largest absolute Gasteiger partial charge is 0.311 e. The summed E-state index contributed by atoms with van der Waals surface area (Å²) in [4.78, 5) is 0. The summed E-state index contributed by atoms with van der Waals surface area (Å²) in [5.41, 5.74) is 0. The van der Waals surface area contributed by atoms with Crippen molar-refractivity contribution in [2.45, 2.75) is 58.0 Å². The molecule has 2 rings (SSSR count). The molecule has 2 aliphatic rings. The maximum absolute atomic E-state index is 3.74. The molecule has 0 radical (unpaired) electrons. The molecule has 0 saturated carbocycles. The Morgan fingerprint density at radius 3 is 2.17 bits per heavy atom. The number of hydrogen-bond donors (Lipinski definition) is 1. The third kappa shape index (κ3) is 1.66. The maximum Gasteiger partial charge on any atom is 0.00724 e. The van der Waals surface area contributed by atoms with Gasteiger partial charge in [0.1, 0.15) is 0 Å². The van der Waals surface area contributed by atoms with Crippen LogP contribution < -0.4 is 5.32 Å². The van der Waals surface area contributed by atoms with Gasteiger partial charge in [-0.3, -0.25) is 0 Å². The smallest absolute Gasteiger partial charge is 0.00724 e. The lowest BCUT2D eigenvalue weighted by Gasteiger charge is -2.41. The van der Waals surface area contributed by atoms with Gasteiger partial charge in [-0.2, -0.15) is 0 Å². The van der Waals surface area contributed by atoms with Gasteiger partial charge in [-0.15, -0.1) is 0 Å². The SMILES string of the molecule is CC(C)C1C[C@H]2CCC[C@@H](C1)N2. The monoisotopic (exact) mass is 167 g/mol. The van der Waals surface area contributed by atoms with E-state index in [1.807, 2.05) is 0 Å². The summed E-state index contributed by atoms with van der Waals surface area (Å²) < 4.78 is 0. The van der Waals surface area contributed by atoms with Crippen LogP contribution in [0.15, 0.2) is 0 Å². The van der Waals surface area contributed by atoms with Gasteiger partial charge < -0.3 is 5.32 Å². The summed E-state index contributed by atoms with van der Waals surface area (Å²) in [7, 11) is 0. The molecule has 0 aromatic carbocycles. The molecule has 70 valence electrons. The van der Waals surface area contributed by atoms with Crippen LogP contribution in [-0.4, -0.2) is 12.1 Å². The highest BCUT2D eigenvalue weighted by molar-refractivity contribution is 4.89. The van der Waals surface area contributed by atoms with Gasteiger partial charge in [0.05, 0.1) is 0 Å². The van der Waals surface area contributed by atoms with E-state index in [0.717, 1.165) is 23.9 Å². The number of hydrogen-bond acceptors (Lipinski definition) is 1. The van der Waals surface area contributed by atoms with E-state index in [9.17, 15) is 0 Å². The molecule has 1 unspecified atom stereocenters. The van der Waals surface area contributed by atoms with E-state index in [2.05, 4.69) is 19.2 Å². The Morgan fingerprint density at radius 2 is 1.67 bits per heavy atom. The molecule has 2 fully saturated rings. The normalized spacial score (nSPS) is 41.8. The molecule has 1 N–H and O–H groups in total. The van der Waals surface area contributed by atoms with E-state index in [1.54, 1.807) is 0 Å². The summed E-state index contributed by atoms with van der Waals surface area (Å²) in [6, 6.07) is 1.73. The van der Waals surface area contributed by atoms with Crippen LogP contribution >= 0.6 is 0 Å². The molecule has 2 bridgehead atoms. The lowest BCUT2D eigenvalue weighted by Crippen LogP contribution is -2.49. The minimum Gasteiger partial charge on any atom is -0.311 e. The van der Waals surface area contributed by atoms with Crippen molar-refractivity contribution < 1.29 is 0 Å². The Labute approximate surface area is 75.9 Å². The standard InChI is InChI=1S/C11H21N/c1-8(2)9-6-10-4-3-5-11(7-9)12-10/h8-12H,3-7H2,1-2H3/t9?,10-,11+. The van der Waals surface area contributed by atoms with Crippen LogP contribution in [0.1, 0.15) is 46.0 Å². The molecular weight excluding hydrogens is 146 g/mol. The molecule has 3 atom stereocenters. The van der Waals surface area contributed by atoms with Crippen LogP contribution in [0.25, 0.3) is 0 Å². The van der Waals surface area contributed by atoms with Gasteiger partial charge in [0.2, 0.25) is 0 Å². The van der Waals surface area contributed by atoms with Crippen LogP contribution in [-0.2, 0) is 0 Å². The van der Waals surface area contributed by atoms with Crippen molar-refractivity contribution in [1.82, 2.24) is 5.32 Å². The first-order valence-corrected chi connectivity index (χ1v) is 5.51. The Morgan fingerprint density at radius 1 is 1.08 bits per heavy atom. The molecule has 0 spiro atoms. The van der Waals surface area contributed by atoms with Crippen LogP contribution in [0.5, 0.6) is 0 Å². The predicted molar refractivity (Wildman–Crippen MR) is 52.1 cm³/mol. The Kier molecular flexibility index (Phi) is 2.40. The van der Waals surface area contributed by atoms with E-state index in [-0.39, 0.29) is 0 Å². The van der Waals surface area contributed by atoms with Crippen LogP contribution in [0, 0.1) is 11.8 Å². The van der Waals surface area contributed by atoms with Gasteiger partial charge in [0.25, 0.3) is 0 Å². The molecule has 2 heterocycles. The van der Waals surface area contributed by atoms with Crippen molar-refractivity contribution >= 4 is 0 Å². The van der Waals surface area contributed by atoms with Crippen LogP contribution in [0.4, 0.5) is 0 Å². The molecule has 12 heavy (non-hydrogen) atoms. The van der Waals surface area contributed by atoms with Gasteiger partial charge >= 0.3 is 0 Å². The third-order valence-electron chi connectivity index (χ3n) is 3.69. The molecular formula is C11H21N. The first-order valence-electron chi connectivity index (χ1n) is 5.51. The van der Waals surface area contributed by atoms with Gasteiger partial charge in [0, 0.05) is 12.1 Å². The number of rotatable bonds is 1. The number of fused-ring (bicyclic) bond motifs is 2. The highest BCUT2D eigenvalue weighted by atomic mass is 15.0. The fourth-order valence-corrected chi connectivity index (χ4v) is 2.85. The summed E-state index contributed by atoms with van der Waals surface area (Å²) in [6.07, 6.45) is 7.20. The summed E-state index contributed by atoms with van der Waals surface area (Å²) >= 11 is 0. The maximum atomic E-state index is 3.74. The first-order chi connectivity index (χ1) is 5.75. The Balaban J connectivity index is 1.96. The van der Waals surface area contributed by atoms with Crippen molar-refractivity contribution in [3.63, 3.8) is 0 Å². The van der Waals surface area contributed by atoms with Crippen molar-refractivity contribution in [2.24, 2.45) is 11.8 Å². The zero-order valence-electron chi connectivity index (χ0n) is 8.34. The molecule has 1 nitrogen and oxygen atoms in total. The minimum atomic E-state index is 0.866. The lowest BCUT2D eigenvalue weighted by atomic mass is 9.76. The van der Waals surface area contributed by atoms with Gasteiger partial charge in [-0.05, 0) is 37.5 Å². The Hall–Kier alpha value is -0.0400. The number of nitrogens with one attached hydrogen (secondary N) is 1. The zero-order chi connectivity index (χ0) is 8.55. The van der Waals surface area contributed by atoms with E-state index in [0.29, 0.717) is 0 Å². The second-order valence-corrected chi connectivity index (χ2v) is 4.97. The minimum absolute atomic E-state index is 0.866. The predicted octanol–water partition coefficient (Wildman–Crippen LogP) is 2.56. The van der Waals surface area contributed by atoms with Crippen LogP contribution in [0.3, 0.4) is 0 Å². The highest BCUT2D eigenvalue weighted by Crippen LogP contribution is 2.33. The van der Waals surface area contributed by atoms with E-state index >= 15 is 0 Å². The van der Waals surface area contributed by atoms with E-state index in [4.69, 9.17) is 0 Å². The summed E-state index contributed by atoms with van der Waals surface area (Å²) in [5.74, 6) is 1.90. The van der Waals surface area contributed by atoms with Crippen molar-refractivity contribution in [2.75, 3.05) is 0 Å². The zero-order valence-corrected chi connectivity index (χ0v) is 8.34. The second kappa shape index (κ2) is 3.37. The van der Waals surface area contributed by atoms with E-state index in [1.165, 1.54) is 32.1 Å². The Bertz CT molecular complexity index is 141. The molecule has 0 aromatic heterocycles. The van der Waals surface area contributed by atoms with Gasteiger partial charge in [0.15, 0.2) is 0 Å². The van der Waals surface area contributed by atoms with Crippen molar-refractivity contribution in [3.8, 4) is 0 Å². The molecule has 2 aliphatic heterocycles. The fourth-order valence-electron chi connectivity index (χ4n) is 2.85. The molecule has 2 saturated heterocycles. The molecule has 0 aliphatic carbocycles. The topological polar surface area (TPSA) is 12.0 Å². The molecule has 1 heteroatoms. The van der Waals surface area contributed by atoms with Gasteiger partial charge in [-0.1, -0.05) is 20.3 Å². The van der Waals surface area contributed by atoms with Crippen LogP contribution in [0.2, 0.25) is 0 Å². The summed E-state index contributed by atoms with van der Waals surface area (Å²) in [6.45, 7) is 4.76. The molecule has 0 aromatic rings. The number of piperidine rings is 2.